The van der Waals surface area contributed by atoms with Gasteiger partial charge in [-0.25, -0.2) is 0 Å². The van der Waals surface area contributed by atoms with Crippen molar-refractivity contribution >= 4 is 34.6 Å². The Morgan fingerprint density at radius 2 is 1.96 bits per heavy atom. The zero-order valence-electron chi connectivity index (χ0n) is 14.6. The zero-order valence-corrected chi connectivity index (χ0v) is 15.4. The summed E-state index contributed by atoms with van der Waals surface area (Å²) in [7, 11) is 0. The van der Waals surface area contributed by atoms with E-state index in [1.54, 1.807) is 0 Å². The second-order valence-corrected chi connectivity index (χ2v) is 6.79. The van der Waals surface area contributed by atoms with E-state index in [1.807, 2.05) is 48.2 Å². The summed E-state index contributed by atoms with van der Waals surface area (Å²) in [6, 6.07) is 16.3. The number of anilines is 2. The van der Waals surface area contributed by atoms with Crippen LogP contribution in [0, 0.1) is 6.92 Å². The molecule has 25 heavy (non-hydrogen) atoms. The Morgan fingerprint density at radius 3 is 2.60 bits per heavy atom. The van der Waals surface area contributed by atoms with Crippen LogP contribution in [0.4, 0.5) is 11.4 Å². The molecule has 1 heterocycles. The molecule has 2 aromatic carbocycles. The number of amides is 1. The SMILES string of the molecule is Cc1cc(NC(=S)NC(C)c2ccccc2)ccc1N1CCCC1=O. The summed E-state index contributed by atoms with van der Waals surface area (Å²) in [4.78, 5) is 13.8. The topological polar surface area (TPSA) is 44.4 Å². The van der Waals surface area contributed by atoms with Crippen LogP contribution in [0.15, 0.2) is 48.5 Å². The van der Waals surface area contributed by atoms with E-state index in [9.17, 15) is 4.79 Å². The molecule has 2 N–H and O–H groups in total. The molecule has 1 aliphatic heterocycles. The maximum Gasteiger partial charge on any atom is 0.227 e. The maximum atomic E-state index is 11.9. The molecule has 1 saturated heterocycles. The van der Waals surface area contributed by atoms with Crippen molar-refractivity contribution in [3.8, 4) is 0 Å². The van der Waals surface area contributed by atoms with Crippen LogP contribution in [0.2, 0.25) is 0 Å². The molecule has 0 spiro atoms. The van der Waals surface area contributed by atoms with Gasteiger partial charge in [-0.3, -0.25) is 4.79 Å². The van der Waals surface area contributed by atoms with Crippen molar-refractivity contribution in [1.29, 1.82) is 0 Å². The van der Waals surface area contributed by atoms with Gasteiger partial charge >= 0.3 is 0 Å². The quantitative estimate of drug-likeness (QED) is 0.810. The van der Waals surface area contributed by atoms with E-state index < -0.39 is 0 Å². The van der Waals surface area contributed by atoms with Crippen LogP contribution in [0.25, 0.3) is 0 Å². The van der Waals surface area contributed by atoms with Crippen molar-refractivity contribution in [3.63, 3.8) is 0 Å². The average Bonchev–Trinajstić information content (AvgIpc) is 3.01. The van der Waals surface area contributed by atoms with Crippen molar-refractivity contribution < 1.29 is 4.79 Å². The molecule has 0 bridgehead atoms. The van der Waals surface area contributed by atoms with Crippen LogP contribution in [0.1, 0.15) is 36.9 Å². The first-order valence-corrected chi connectivity index (χ1v) is 8.99. The highest BCUT2D eigenvalue weighted by Crippen LogP contribution is 2.27. The van der Waals surface area contributed by atoms with Gasteiger partial charge in [-0.2, -0.15) is 0 Å². The third-order valence-corrected chi connectivity index (χ3v) is 4.69. The van der Waals surface area contributed by atoms with Gasteiger partial charge in [0.2, 0.25) is 5.91 Å². The van der Waals surface area contributed by atoms with Crippen molar-refractivity contribution in [1.82, 2.24) is 5.32 Å². The summed E-state index contributed by atoms with van der Waals surface area (Å²) in [5, 5.41) is 7.11. The van der Waals surface area contributed by atoms with Crippen molar-refractivity contribution in [2.45, 2.75) is 32.7 Å². The van der Waals surface area contributed by atoms with E-state index >= 15 is 0 Å². The monoisotopic (exact) mass is 353 g/mol. The predicted molar refractivity (Wildman–Crippen MR) is 107 cm³/mol. The van der Waals surface area contributed by atoms with Gasteiger partial charge in [-0.05, 0) is 61.8 Å². The third kappa shape index (κ3) is 4.17. The molecule has 1 fully saturated rings. The zero-order chi connectivity index (χ0) is 17.8. The Kier molecular flexibility index (Phi) is 5.34. The predicted octanol–water partition coefficient (Wildman–Crippen LogP) is 4.17. The van der Waals surface area contributed by atoms with E-state index in [2.05, 4.69) is 29.7 Å². The lowest BCUT2D eigenvalue weighted by Gasteiger charge is -2.20. The molecule has 0 aliphatic carbocycles. The molecule has 1 atom stereocenters. The minimum atomic E-state index is 0.129. The van der Waals surface area contributed by atoms with Crippen LogP contribution in [0.3, 0.4) is 0 Å². The number of thiocarbonyl (C=S) groups is 1. The Hall–Kier alpha value is -2.40. The van der Waals surface area contributed by atoms with Crippen LogP contribution >= 0.6 is 12.2 Å². The highest BCUT2D eigenvalue weighted by Gasteiger charge is 2.22. The van der Waals surface area contributed by atoms with E-state index in [0.717, 1.165) is 29.9 Å². The van der Waals surface area contributed by atoms with E-state index in [-0.39, 0.29) is 11.9 Å². The molecule has 0 saturated carbocycles. The van der Waals surface area contributed by atoms with E-state index in [4.69, 9.17) is 12.2 Å². The first-order valence-electron chi connectivity index (χ1n) is 8.58. The average molecular weight is 353 g/mol. The number of hydrogen-bond donors (Lipinski definition) is 2. The molecule has 5 heteroatoms. The molecule has 0 radical (unpaired) electrons. The van der Waals surface area contributed by atoms with Crippen LogP contribution in [-0.2, 0) is 4.79 Å². The number of nitrogens with one attached hydrogen (secondary N) is 2. The van der Waals surface area contributed by atoms with Gasteiger partial charge in [0, 0.05) is 24.3 Å². The molecular formula is C20H23N3OS. The number of carbonyl (C=O) groups is 1. The Balaban J connectivity index is 1.64. The minimum Gasteiger partial charge on any atom is -0.356 e. The minimum absolute atomic E-state index is 0.129. The molecule has 0 aromatic heterocycles. The van der Waals surface area contributed by atoms with Crippen LogP contribution in [0.5, 0.6) is 0 Å². The van der Waals surface area contributed by atoms with E-state index in [1.165, 1.54) is 5.56 Å². The first-order chi connectivity index (χ1) is 12.0. The highest BCUT2D eigenvalue weighted by molar-refractivity contribution is 7.80. The second-order valence-electron chi connectivity index (χ2n) is 6.38. The summed E-state index contributed by atoms with van der Waals surface area (Å²) >= 11 is 5.43. The molecule has 130 valence electrons. The summed E-state index contributed by atoms with van der Waals surface area (Å²) in [6.45, 7) is 4.91. The number of benzene rings is 2. The smallest absolute Gasteiger partial charge is 0.227 e. The number of carbonyl (C=O) groups excluding carboxylic acids is 1. The van der Waals surface area contributed by atoms with Gasteiger partial charge in [0.1, 0.15) is 0 Å². The van der Waals surface area contributed by atoms with Gasteiger partial charge in [0.05, 0.1) is 6.04 Å². The summed E-state index contributed by atoms with van der Waals surface area (Å²) in [6.07, 6.45) is 1.58. The Bertz CT molecular complexity index is 776. The molecule has 1 amide bonds. The van der Waals surface area contributed by atoms with E-state index in [0.29, 0.717) is 11.5 Å². The Labute approximate surface area is 154 Å². The molecule has 3 rings (SSSR count). The van der Waals surface area contributed by atoms with Crippen molar-refractivity contribution in [2.75, 3.05) is 16.8 Å². The highest BCUT2D eigenvalue weighted by atomic mass is 32.1. The van der Waals surface area contributed by atoms with Crippen molar-refractivity contribution in [2.24, 2.45) is 0 Å². The fourth-order valence-electron chi connectivity index (χ4n) is 3.13. The number of rotatable bonds is 4. The largest absolute Gasteiger partial charge is 0.356 e. The second kappa shape index (κ2) is 7.66. The first kappa shape index (κ1) is 17.4. The standard InChI is InChI=1S/C20H23N3OS/c1-14-13-17(10-11-18(14)23-12-6-9-19(23)24)22-20(25)21-15(2)16-7-4-3-5-8-16/h3-5,7-8,10-11,13,15H,6,9,12H2,1-2H3,(H2,21,22,25). The summed E-state index contributed by atoms with van der Waals surface area (Å²) in [5.74, 6) is 0.206. The molecule has 2 aromatic rings. The van der Waals surface area contributed by atoms with Gasteiger partial charge in [-0.1, -0.05) is 30.3 Å². The molecular weight excluding hydrogens is 330 g/mol. The molecule has 4 nitrogen and oxygen atoms in total. The summed E-state index contributed by atoms with van der Waals surface area (Å²) in [5.41, 5.74) is 4.17. The Morgan fingerprint density at radius 1 is 1.20 bits per heavy atom. The molecule has 1 aliphatic rings. The number of hydrogen-bond acceptors (Lipinski definition) is 2. The fourth-order valence-corrected chi connectivity index (χ4v) is 3.42. The number of aryl methyl sites for hydroxylation is 1. The van der Waals surface area contributed by atoms with Crippen LogP contribution in [-0.4, -0.2) is 17.6 Å². The lowest BCUT2D eigenvalue weighted by molar-refractivity contribution is -0.117. The third-order valence-electron chi connectivity index (χ3n) is 4.47. The number of nitrogens with zero attached hydrogens (tertiary/aromatic N) is 1. The van der Waals surface area contributed by atoms with Gasteiger partial charge in [0.25, 0.3) is 0 Å². The van der Waals surface area contributed by atoms with Crippen LogP contribution < -0.4 is 15.5 Å². The lowest BCUT2D eigenvalue weighted by Crippen LogP contribution is -2.31. The lowest BCUT2D eigenvalue weighted by atomic mass is 10.1. The normalized spacial score (nSPS) is 15.1. The van der Waals surface area contributed by atoms with Crippen molar-refractivity contribution in [3.05, 3.63) is 59.7 Å². The summed E-state index contributed by atoms with van der Waals surface area (Å²) < 4.78 is 0. The van der Waals surface area contributed by atoms with Gasteiger partial charge in [-0.15, -0.1) is 0 Å². The fraction of sp³-hybridized carbons (Fsp3) is 0.300. The maximum absolute atomic E-state index is 11.9. The molecule has 1 unspecified atom stereocenters. The van der Waals surface area contributed by atoms with Gasteiger partial charge in [0.15, 0.2) is 5.11 Å². The van der Waals surface area contributed by atoms with Gasteiger partial charge < -0.3 is 15.5 Å².